The lowest BCUT2D eigenvalue weighted by atomic mass is 10.0. The standard InChI is InChI=1S/C19H23N3O3S/c23-18(21-7-9-25-10-8-21)12-26-13-19(24)22-6-5-17-15(11-22)14-3-1-2-4-16(14)20-17/h1-4,20H,5-13H2. The summed E-state index contributed by atoms with van der Waals surface area (Å²) in [6.45, 7) is 3.91. The number of nitrogens with zero attached hydrogens (tertiary/aromatic N) is 2. The number of fused-ring (bicyclic) bond motifs is 3. The zero-order valence-corrected chi connectivity index (χ0v) is 15.5. The minimum Gasteiger partial charge on any atom is -0.378 e. The number of aromatic nitrogens is 1. The van der Waals surface area contributed by atoms with Gasteiger partial charge in [0.2, 0.25) is 11.8 Å². The number of nitrogens with one attached hydrogen (secondary N) is 1. The molecule has 6 nitrogen and oxygen atoms in total. The molecule has 26 heavy (non-hydrogen) atoms. The van der Waals surface area contributed by atoms with Gasteiger partial charge >= 0.3 is 0 Å². The average Bonchev–Trinajstić information content (AvgIpc) is 3.06. The van der Waals surface area contributed by atoms with Gasteiger partial charge in [-0.3, -0.25) is 9.59 Å². The highest BCUT2D eigenvalue weighted by Crippen LogP contribution is 2.27. The third-order valence-electron chi connectivity index (χ3n) is 5.05. The van der Waals surface area contributed by atoms with Gasteiger partial charge < -0.3 is 19.5 Å². The van der Waals surface area contributed by atoms with Crippen LogP contribution in [-0.2, 0) is 27.3 Å². The van der Waals surface area contributed by atoms with E-state index in [4.69, 9.17) is 4.74 Å². The van der Waals surface area contributed by atoms with Gasteiger partial charge in [0.1, 0.15) is 0 Å². The summed E-state index contributed by atoms with van der Waals surface area (Å²) in [5.41, 5.74) is 3.61. The first-order valence-electron chi connectivity index (χ1n) is 9.02. The summed E-state index contributed by atoms with van der Waals surface area (Å²) in [4.78, 5) is 31.9. The van der Waals surface area contributed by atoms with Crippen LogP contribution in [0.3, 0.4) is 0 Å². The number of carbonyl (C=O) groups excluding carboxylic acids is 2. The fourth-order valence-electron chi connectivity index (χ4n) is 3.60. The van der Waals surface area contributed by atoms with E-state index in [0.717, 1.165) is 18.5 Å². The largest absolute Gasteiger partial charge is 0.378 e. The molecule has 1 fully saturated rings. The van der Waals surface area contributed by atoms with E-state index in [9.17, 15) is 9.59 Å². The summed E-state index contributed by atoms with van der Waals surface area (Å²) in [5.74, 6) is 0.926. The Morgan fingerprint density at radius 2 is 1.77 bits per heavy atom. The van der Waals surface area contributed by atoms with Crippen molar-refractivity contribution in [2.24, 2.45) is 0 Å². The van der Waals surface area contributed by atoms with Crippen LogP contribution in [-0.4, -0.2) is 71.0 Å². The topological polar surface area (TPSA) is 65.6 Å². The predicted molar refractivity (Wildman–Crippen MR) is 102 cm³/mol. The van der Waals surface area contributed by atoms with Crippen molar-refractivity contribution >= 4 is 34.5 Å². The van der Waals surface area contributed by atoms with Gasteiger partial charge in [-0.1, -0.05) is 18.2 Å². The number of aromatic amines is 1. The number of morpholine rings is 1. The molecule has 0 bridgehead atoms. The molecule has 0 atom stereocenters. The predicted octanol–water partition coefficient (Wildman–Crippen LogP) is 1.64. The maximum Gasteiger partial charge on any atom is 0.232 e. The highest BCUT2D eigenvalue weighted by Gasteiger charge is 2.24. The van der Waals surface area contributed by atoms with Gasteiger partial charge in [-0.2, -0.15) is 0 Å². The van der Waals surface area contributed by atoms with Crippen molar-refractivity contribution in [3.63, 3.8) is 0 Å². The molecule has 3 heterocycles. The van der Waals surface area contributed by atoms with Crippen LogP contribution in [0.4, 0.5) is 0 Å². The van der Waals surface area contributed by atoms with E-state index < -0.39 is 0 Å². The molecule has 1 aromatic carbocycles. The van der Waals surface area contributed by atoms with Crippen molar-refractivity contribution in [1.29, 1.82) is 0 Å². The SMILES string of the molecule is O=C(CSCC(=O)N1CCc2[nH]c3ccccc3c2C1)N1CCOCC1. The van der Waals surface area contributed by atoms with Crippen LogP contribution in [0, 0.1) is 0 Å². The van der Waals surface area contributed by atoms with Gasteiger partial charge in [-0.05, 0) is 6.07 Å². The molecule has 1 saturated heterocycles. The quantitative estimate of drug-likeness (QED) is 0.885. The number of benzene rings is 1. The number of para-hydroxylation sites is 1. The molecule has 0 radical (unpaired) electrons. The Labute approximate surface area is 156 Å². The van der Waals surface area contributed by atoms with Crippen LogP contribution in [0.2, 0.25) is 0 Å². The second-order valence-corrected chi connectivity index (χ2v) is 7.66. The van der Waals surface area contributed by atoms with Crippen LogP contribution in [0.5, 0.6) is 0 Å². The second-order valence-electron chi connectivity index (χ2n) is 6.68. The molecular weight excluding hydrogens is 350 g/mol. The molecule has 2 aliphatic heterocycles. The lowest BCUT2D eigenvalue weighted by Crippen LogP contribution is -2.42. The van der Waals surface area contributed by atoms with Crippen molar-refractivity contribution < 1.29 is 14.3 Å². The molecule has 7 heteroatoms. The fraction of sp³-hybridized carbons (Fsp3) is 0.474. The van der Waals surface area contributed by atoms with Crippen LogP contribution in [0.25, 0.3) is 10.9 Å². The first-order chi connectivity index (χ1) is 12.7. The normalized spacial score (nSPS) is 17.4. The van der Waals surface area contributed by atoms with Crippen molar-refractivity contribution in [3.05, 3.63) is 35.5 Å². The highest BCUT2D eigenvalue weighted by atomic mass is 32.2. The number of hydrogen-bond acceptors (Lipinski definition) is 4. The van der Waals surface area contributed by atoms with E-state index in [1.54, 1.807) is 0 Å². The van der Waals surface area contributed by atoms with E-state index in [-0.39, 0.29) is 11.8 Å². The number of amides is 2. The van der Waals surface area contributed by atoms with Crippen molar-refractivity contribution in [2.75, 3.05) is 44.4 Å². The summed E-state index contributed by atoms with van der Waals surface area (Å²) in [5, 5.41) is 1.20. The molecule has 0 saturated carbocycles. The summed E-state index contributed by atoms with van der Waals surface area (Å²) >= 11 is 1.41. The minimum atomic E-state index is 0.101. The molecule has 0 spiro atoms. The van der Waals surface area contributed by atoms with E-state index in [0.29, 0.717) is 44.4 Å². The number of ether oxygens (including phenoxy) is 1. The zero-order chi connectivity index (χ0) is 17.9. The molecule has 1 aromatic heterocycles. The van der Waals surface area contributed by atoms with Gasteiger partial charge in [0.15, 0.2) is 0 Å². The number of rotatable bonds is 4. The Kier molecular flexibility index (Phi) is 5.17. The van der Waals surface area contributed by atoms with Crippen molar-refractivity contribution in [1.82, 2.24) is 14.8 Å². The Bertz CT molecular complexity index is 813. The maximum atomic E-state index is 12.6. The number of hydrogen-bond donors (Lipinski definition) is 1. The van der Waals surface area contributed by atoms with Gasteiger partial charge in [0.05, 0.1) is 24.7 Å². The summed E-state index contributed by atoms with van der Waals surface area (Å²) < 4.78 is 5.26. The second kappa shape index (κ2) is 7.72. The van der Waals surface area contributed by atoms with Gasteiger partial charge in [-0.25, -0.2) is 0 Å². The molecule has 2 aliphatic rings. The van der Waals surface area contributed by atoms with E-state index >= 15 is 0 Å². The first-order valence-corrected chi connectivity index (χ1v) is 10.2. The third-order valence-corrected chi connectivity index (χ3v) is 5.95. The van der Waals surface area contributed by atoms with Gasteiger partial charge in [0.25, 0.3) is 0 Å². The highest BCUT2D eigenvalue weighted by molar-refractivity contribution is 8.00. The van der Waals surface area contributed by atoms with E-state index in [1.807, 2.05) is 21.9 Å². The lowest BCUT2D eigenvalue weighted by molar-refractivity contribution is -0.132. The first kappa shape index (κ1) is 17.4. The average molecular weight is 373 g/mol. The molecule has 138 valence electrons. The maximum absolute atomic E-state index is 12.6. The Hall–Kier alpha value is -1.99. The molecule has 2 aromatic rings. The molecule has 4 rings (SSSR count). The summed E-state index contributed by atoms with van der Waals surface area (Å²) in [6, 6.07) is 8.24. The number of H-pyrrole nitrogens is 1. The Morgan fingerprint density at radius 3 is 2.58 bits per heavy atom. The molecule has 1 N–H and O–H groups in total. The van der Waals surface area contributed by atoms with Crippen LogP contribution >= 0.6 is 11.8 Å². The van der Waals surface area contributed by atoms with E-state index in [2.05, 4.69) is 17.1 Å². The molecular formula is C19H23N3O3S. The van der Waals surface area contributed by atoms with Crippen LogP contribution in [0.15, 0.2) is 24.3 Å². The monoisotopic (exact) mass is 373 g/mol. The van der Waals surface area contributed by atoms with Crippen molar-refractivity contribution in [2.45, 2.75) is 13.0 Å². The summed E-state index contributed by atoms with van der Waals surface area (Å²) in [7, 11) is 0. The zero-order valence-electron chi connectivity index (χ0n) is 14.7. The van der Waals surface area contributed by atoms with Gasteiger partial charge in [0, 0.05) is 54.8 Å². The molecule has 2 amide bonds. The van der Waals surface area contributed by atoms with E-state index in [1.165, 1.54) is 28.4 Å². The smallest absolute Gasteiger partial charge is 0.232 e. The third kappa shape index (κ3) is 3.59. The number of carbonyl (C=O) groups is 2. The molecule has 0 aliphatic carbocycles. The Balaban J connectivity index is 1.31. The minimum absolute atomic E-state index is 0.101. The van der Waals surface area contributed by atoms with Crippen LogP contribution < -0.4 is 0 Å². The Morgan fingerprint density at radius 1 is 1.04 bits per heavy atom. The van der Waals surface area contributed by atoms with Crippen LogP contribution in [0.1, 0.15) is 11.3 Å². The molecule has 0 unspecified atom stereocenters. The van der Waals surface area contributed by atoms with Crippen molar-refractivity contribution in [3.8, 4) is 0 Å². The van der Waals surface area contributed by atoms with Gasteiger partial charge in [-0.15, -0.1) is 11.8 Å². The lowest BCUT2D eigenvalue weighted by Gasteiger charge is -2.28. The fourth-order valence-corrected chi connectivity index (χ4v) is 4.42. The summed E-state index contributed by atoms with van der Waals surface area (Å²) in [6.07, 6.45) is 0.854. The number of thioether (sulfide) groups is 1.